The van der Waals surface area contributed by atoms with Crippen molar-refractivity contribution >= 4 is 5.95 Å². The van der Waals surface area contributed by atoms with Crippen LogP contribution in [0.15, 0.2) is 36.7 Å². The highest BCUT2D eigenvalue weighted by molar-refractivity contribution is 5.27. The zero-order chi connectivity index (χ0) is 18.7. The molecule has 6 heteroatoms. The topological polar surface area (TPSA) is 59.5 Å². The second-order valence-corrected chi connectivity index (χ2v) is 7.69. The van der Waals surface area contributed by atoms with Crippen LogP contribution in [-0.2, 0) is 11.3 Å². The van der Waals surface area contributed by atoms with Crippen LogP contribution >= 0.6 is 0 Å². The van der Waals surface area contributed by atoms with Crippen molar-refractivity contribution < 1.29 is 9.47 Å². The molecule has 2 fully saturated rings. The molecule has 0 bridgehead atoms. The van der Waals surface area contributed by atoms with Gasteiger partial charge < -0.3 is 14.8 Å². The van der Waals surface area contributed by atoms with Crippen molar-refractivity contribution in [2.45, 2.75) is 31.9 Å². The molecule has 0 unspecified atom stereocenters. The van der Waals surface area contributed by atoms with Gasteiger partial charge in [0.15, 0.2) is 0 Å². The lowest BCUT2D eigenvalue weighted by Crippen LogP contribution is -2.64. The maximum absolute atomic E-state index is 6.19. The molecule has 2 aromatic rings. The van der Waals surface area contributed by atoms with Gasteiger partial charge in [-0.15, -0.1) is 0 Å². The summed E-state index contributed by atoms with van der Waals surface area (Å²) in [6, 6.07) is 8.34. The highest BCUT2D eigenvalue weighted by Gasteiger charge is 2.52. The normalized spacial score (nSPS) is 21.2. The summed E-state index contributed by atoms with van der Waals surface area (Å²) >= 11 is 0. The third-order valence-corrected chi connectivity index (χ3v) is 5.70. The molecule has 1 aromatic heterocycles. The van der Waals surface area contributed by atoms with Crippen LogP contribution in [0, 0.1) is 12.8 Å². The maximum Gasteiger partial charge on any atom is 0.222 e. The summed E-state index contributed by atoms with van der Waals surface area (Å²) < 4.78 is 11.4. The number of likely N-dealkylation sites (tertiary alicyclic amines) is 1. The summed E-state index contributed by atoms with van der Waals surface area (Å²) in [7, 11) is 1.70. The lowest BCUT2D eigenvalue weighted by molar-refractivity contribution is -0.136. The molecule has 4 rings (SSSR count). The van der Waals surface area contributed by atoms with Crippen molar-refractivity contribution in [1.82, 2.24) is 14.9 Å². The van der Waals surface area contributed by atoms with Crippen LogP contribution in [0.2, 0.25) is 0 Å². The summed E-state index contributed by atoms with van der Waals surface area (Å²) in [5, 5.41) is 3.34. The highest BCUT2D eigenvalue weighted by atomic mass is 16.5. The molecule has 0 radical (unpaired) electrons. The van der Waals surface area contributed by atoms with Gasteiger partial charge in [0, 0.05) is 45.2 Å². The Hall–Kier alpha value is -2.18. The Morgan fingerprint density at radius 3 is 2.67 bits per heavy atom. The van der Waals surface area contributed by atoms with E-state index in [1.807, 2.05) is 31.5 Å². The Labute approximate surface area is 160 Å². The summed E-state index contributed by atoms with van der Waals surface area (Å²) in [6.45, 7) is 6.77. The van der Waals surface area contributed by atoms with E-state index < -0.39 is 0 Å². The van der Waals surface area contributed by atoms with E-state index in [0.29, 0.717) is 11.9 Å². The minimum absolute atomic E-state index is 0.0439. The number of rotatable bonds is 7. The van der Waals surface area contributed by atoms with Crippen molar-refractivity contribution in [3.63, 3.8) is 0 Å². The Balaban J connectivity index is 1.25. The zero-order valence-corrected chi connectivity index (χ0v) is 16.1. The first-order chi connectivity index (χ1) is 13.2. The Morgan fingerprint density at radius 1 is 1.22 bits per heavy atom. The predicted octanol–water partition coefficient (Wildman–Crippen LogP) is 2.89. The number of aromatic nitrogens is 2. The Morgan fingerprint density at radius 2 is 1.96 bits per heavy atom. The van der Waals surface area contributed by atoms with Crippen LogP contribution in [0.4, 0.5) is 5.95 Å². The molecule has 144 valence electrons. The van der Waals surface area contributed by atoms with Crippen molar-refractivity contribution in [1.29, 1.82) is 0 Å². The molecule has 0 amide bonds. The zero-order valence-electron chi connectivity index (χ0n) is 16.1. The molecule has 0 saturated carbocycles. The molecule has 2 saturated heterocycles. The van der Waals surface area contributed by atoms with Gasteiger partial charge in [-0.2, -0.15) is 0 Å². The first-order valence-electron chi connectivity index (χ1n) is 9.69. The molecule has 1 spiro atoms. The monoisotopic (exact) mass is 368 g/mol. The number of ether oxygens (including phenoxy) is 2. The first-order valence-corrected chi connectivity index (χ1v) is 9.69. The van der Waals surface area contributed by atoms with Gasteiger partial charge in [-0.1, -0.05) is 12.1 Å². The molecule has 0 aliphatic carbocycles. The number of nitrogens with zero attached hydrogens (tertiary/aromatic N) is 3. The van der Waals surface area contributed by atoms with Crippen molar-refractivity contribution in [3.05, 3.63) is 47.8 Å². The number of hydrogen-bond donors (Lipinski definition) is 1. The van der Waals surface area contributed by atoms with E-state index in [-0.39, 0.29) is 5.60 Å². The van der Waals surface area contributed by atoms with E-state index in [0.717, 1.165) is 56.9 Å². The minimum atomic E-state index is 0.0439. The third-order valence-electron chi connectivity index (χ3n) is 5.70. The average molecular weight is 368 g/mol. The van der Waals surface area contributed by atoms with Gasteiger partial charge in [-0.3, -0.25) is 4.90 Å². The molecular formula is C21H28N4O2. The summed E-state index contributed by atoms with van der Waals surface area (Å²) in [6.07, 6.45) is 5.93. The lowest BCUT2D eigenvalue weighted by Gasteiger charge is -2.50. The Bertz CT molecular complexity index is 742. The summed E-state index contributed by atoms with van der Waals surface area (Å²) in [4.78, 5) is 11.1. The molecule has 1 atom stereocenters. The van der Waals surface area contributed by atoms with E-state index in [1.54, 1.807) is 7.11 Å². The third kappa shape index (κ3) is 4.06. The quantitative estimate of drug-likeness (QED) is 0.811. The minimum Gasteiger partial charge on any atom is -0.497 e. The van der Waals surface area contributed by atoms with Gasteiger partial charge in [0.1, 0.15) is 5.75 Å². The fourth-order valence-corrected chi connectivity index (χ4v) is 4.20. The van der Waals surface area contributed by atoms with Gasteiger partial charge in [-0.25, -0.2) is 9.97 Å². The molecular weight excluding hydrogens is 340 g/mol. The number of benzene rings is 1. The average Bonchev–Trinajstić information content (AvgIpc) is 3.07. The van der Waals surface area contributed by atoms with E-state index in [2.05, 4.69) is 32.3 Å². The maximum atomic E-state index is 6.19. The number of methoxy groups -OCH3 is 1. The smallest absolute Gasteiger partial charge is 0.222 e. The van der Waals surface area contributed by atoms with E-state index in [1.165, 1.54) is 5.56 Å². The molecule has 2 aliphatic heterocycles. The number of nitrogens with one attached hydrogen (secondary N) is 1. The molecule has 1 N–H and O–H groups in total. The van der Waals surface area contributed by atoms with Crippen molar-refractivity contribution in [3.8, 4) is 5.75 Å². The Kier molecular flexibility index (Phi) is 5.27. The van der Waals surface area contributed by atoms with E-state index in [4.69, 9.17) is 9.47 Å². The van der Waals surface area contributed by atoms with E-state index in [9.17, 15) is 0 Å². The van der Waals surface area contributed by atoms with Crippen LogP contribution in [0.1, 0.15) is 24.0 Å². The van der Waals surface area contributed by atoms with Gasteiger partial charge in [0.05, 0.1) is 12.7 Å². The second-order valence-electron chi connectivity index (χ2n) is 7.69. The van der Waals surface area contributed by atoms with Crippen molar-refractivity contribution in [2.75, 3.05) is 38.7 Å². The van der Waals surface area contributed by atoms with Crippen LogP contribution in [0.5, 0.6) is 5.75 Å². The molecule has 2 aliphatic rings. The fraction of sp³-hybridized carbons (Fsp3) is 0.524. The molecule has 1 aromatic carbocycles. The van der Waals surface area contributed by atoms with Gasteiger partial charge >= 0.3 is 0 Å². The SMILES string of the molecule is COc1ccc(CN2CC3(C2)OCC[C@H]3CCNc2ncc(C)cn2)cc1. The largest absolute Gasteiger partial charge is 0.497 e. The lowest BCUT2D eigenvalue weighted by atomic mass is 9.78. The predicted molar refractivity (Wildman–Crippen MR) is 105 cm³/mol. The number of anilines is 1. The molecule has 27 heavy (non-hydrogen) atoms. The van der Waals surface area contributed by atoms with E-state index >= 15 is 0 Å². The summed E-state index contributed by atoms with van der Waals surface area (Å²) in [5.74, 6) is 2.22. The first kappa shape index (κ1) is 18.2. The number of aryl methyl sites for hydroxylation is 1. The van der Waals surface area contributed by atoms with Crippen molar-refractivity contribution in [2.24, 2.45) is 5.92 Å². The summed E-state index contributed by atoms with van der Waals surface area (Å²) in [5.41, 5.74) is 2.44. The van der Waals surface area contributed by atoms with Gasteiger partial charge in [0.2, 0.25) is 5.95 Å². The van der Waals surface area contributed by atoms with Crippen LogP contribution < -0.4 is 10.1 Å². The second kappa shape index (κ2) is 7.82. The fourth-order valence-electron chi connectivity index (χ4n) is 4.20. The van der Waals surface area contributed by atoms with Crippen LogP contribution in [0.3, 0.4) is 0 Å². The highest BCUT2D eigenvalue weighted by Crippen LogP contribution is 2.42. The van der Waals surface area contributed by atoms with Crippen LogP contribution in [0.25, 0.3) is 0 Å². The molecule has 6 nitrogen and oxygen atoms in total. The standard InChI is InChI=1S/C21H28N4O2/c1-16-11-23-20(24-12-16)22-9-7-18-8-10-27-21(18)14-25(15-21)13-17-3-5-19(26-2)6-4-17/h3-6,11-12,18H,7-10,13-15H2,1-2H3,(H,22,23,24)/t18-/m1/s1. The van der Waals surface area contributed by atoms with Crippen LogP contribution in [-0.4, -0.2) is 53.8 Å². The van der Waals surface area contributed by atoms with Gasteiger partial charge in [-0.05, 0) is 48.9 Å². The molecule has 3 heterocycles. The number of hydrogen-bond acceptors (Lipinski definition) is 6. The van der Waals surface area contributed by atoms with Gasteiger partial charge in [0.25, 0.3) is 0 Å².